The summed E-state index contributed by atoms with van der Waals surface area (Å²) in [6.07, 6.45) is 2.29. The largest absolute Gasteiger partial charge is 0.381 e. The van der Waals surface area contributed by atoms with Crippen LogP contribution in [0.15, 0.2) is 0 Å². The minimum absolute atomic E-state index is 0.227. The van der Waals surface area contributed by atoms with Crippen LogP contribution >= 0.6 is 0 Å². The van der Waals surface area contributed by atoms with Gasteiger partial charge in [-0.2, -0.15) is 0 Å². The number of carbonyl (C=O) groups is 1. The Bertz CT molecular complexity index is 321. The van der Waals surface area contributed by atoms with Gasteiger partial charge in [0.05, 0.1) is 12.1 Å². The third-order valence-electron chi connectivity index (χ3n) is 4.56. The van der Waals surface area contributed by atoms with Crippen molar-refractivity contribution in [3.05, 3.63) is 0 Å². The van der Waals surface area contributed by atoms with E-state index in [1.807, 2.05) is 11.9 Å². The second-order valence-electron chi connectivity index (χ2n) is 6.56. The summed E-state index contributed by atoms with van der Waals surface area (Å²) in [6, 6.07) is 0. The average Bonchev–Trinajstić information content (AvgIpc) is 2.48. The van der Waals surface area contributed by atoms with Gasteiger partial charge in [-0.1, -0.05) is 0 Å². The van der Waals surface area contributed by atoms with Crippen LogP contribution in [0.1, 0.15) is 26.7 Å². The van der Waals surface area contributed by atoms with Crippen LogP contribution in [0.2, 0.25) is 0 Å². The summed E-state index contributed by atoms with van der Waals surface area (Å²) >= 11 is 0. The molecule has 0 saturated carbocycles. The Labute approximate surface area is 122 Å². The standard InChI is InChI=1S/C15H29N3O2/c1-15(2,18-8-6-16-7-9-18)14(19)17(3)11-13-5-4-10-20-12-13/h13,16H,4-12H2,1-3H3. The molecule has 5 nitrogen and oxygen atoms in total. The molecule has 0 aromatic heterocycles. The first kappa shape index (κ1) is 15.7. The Morgan fingerprint density at radius 1 is 1.40 bits per heavy atom. The lowest BCUT2D eigenvalue weighted by Crippen LogP contribution is -2.60. The molecule has 1 atom stereocenters. The summed E-state index contributed by atoms with van der Waals surface area (Å²) in [5.74, 6) is 0.724. The molecule has 116 valence electrons. The molecule has 0 aromatic carbocycles. The molecule has 2 heterocycles. The highest BCUT2D eigenvalue weighted by molar-refractivity contribution is 5.85. The summed E-state index contributed by atoms with van der Waals surface area (Å²) in [6.45, 7) is 10.4. The van der Waals surface area contributed by atoms with Gasteiger partial charge >= 0.3 is 0 Å². The van der Waals surface area contributed by atoms with Gasteiger partial charge in [-0.05, 0) is 32.6 Å². The lowest BCUT2D eigenvalue weighted by atomic mass is 9.97. The molecule has 0 bridgehead atoms. The van der Waals surface area contributed by atoms with Gasteiger partial charge in [0.25, 0.3) is 0 Å². The van der Waals surface area contributed by atoms with E-state index in [0.29, 0.717) is 5.92 Å². The number of hydrogen-bond donors (Lipinski definition) is 1. The van der Waals surface area contributed by atoms with E-state index in [1.54, 1.807) is 0 Å². The first-order valence-corrected chi connectivity index (χ1v) is 7.81. The van der Waals surface area contributed by atoms with E-state index >= 15 is 0 Å². The molecule has 0 radical (unpaired) electrons. The summed E-state index contributed by atoms with van der Waals surface area (Å²) in [7, 11) is 1.93. The number of nitrogens with one attached hydrogen (secondary N) is 1. The van der Waals surface area contributed by atoms with Gasteiger partial charge in [-0.15, -0.1) is 0 Å². The van der Waals surface area contributed by atoms with Crippen molar-refractivity contribution in [2.24, 2.45) is 5.92 Å². The number of likely N-dealkylation sites (N-methyl/N-ethyl adjacent to an activating group) is 1. The molecule has 0 spiro atoms. The summed E-state index contributed by atoms with van der Waals surface area (Å²) in [5.41, 5.74) is -0.410. The van der Waals surface area contributed by atoms with Crippen LogP contribution in [0.25, 0.3) is 0 Å². The molecule has 5 heteroatoms. The molecule has 1 amide bonds. The monoisotopic (exact) mass is 283 g/mol. The highest BCUT2D eigenvalue weighted by Crippen LogP contribution is 2.20. The number of ether oxygens (including phenoxy) is 1. The van der Waals surface area contributed by atoms with Crippen LogP contribution in [0.5, 0.6) is 0 Å². The van der Waals surface area contributed by atoms with Crippen LogP contribution in [0, 0.1) is 5.92 Å². The first-order valence-electron chi connectivity index (χ1n) is 7.81. The SMILES string of the molecule is CN(CC1CCCOC1)C(=O)C(C)(C)N1CCNCC1. The van der Waals surface area contributed by atoms with Gasteiger partial charge in [0.2, 0.25) is 5.91 Å². The third-order valence-corrected chi connectivity index (χ3v) is 4.56. The second-order valence-corrected chi connectivity index (χ2v) is 6.56. The van der Waals surface area contributed by atoms with Gasteiger partial charge in [-0.3, -0.25) is 9.69 Å². The Balaban J connectivity index is 1.90. The average molecular weight is 283 g/mol. The lowest BCUT2D eigenvalue weighted by Gasteiger charge is -2.42. The molecular formula is C15H29N3O2. The molecule has 2 fully saturated rings. The van der Waals surface area contributed by atoms with Gasteiger partial charge in [0.1, 0.15) is 0 Å². The molecule has 2 aliphatic rings. The fourth-order valence-corrected chi connectivity index (χ4v) is 3.25. The fourth-order valence-electron chi connectivity index (χ4n) is 3.25. The molecule has 20 heavy (non-hydrogen) atoms. The van der Waals surface area contributed by atoms with Crippen LogP contribution in [-0.2, 0) is 9.53 Å². The van der Waals surface area contributed by atoms with E-state index < -0.39 is 5.54 Å². The quantitative estimate of drug-likeness (QED) is 0.819. The maximum atomic E-state index is 12.8. The van der Waals surface area contributed by atoms with Crippen molar-refractivity contribution < 1.29 is 9.53 Å². The smallest absolute Gasteiger partial charge is 0.242 e. The Hall–Kier alpha value is -0.650. The van der Waals surface area contributed by atoms with Crippen LogP contribution in [0.3, 0.4) is 0 Å². The van der Waals surface area contributed by atoms with Crippen LogP contribution in [0.4, 0.5) is 0 Å². The molecular weight excluding hydrogens is 254 g/mol. The van der Waals surface area contributed by atoms with Gasteiger partial charge in [0.15, 0.2) is 0 Å². The predicted octanol–water partition coefficient (Wildman–Crippen LogP) is 0.555. The van der Waals surface area contributed by atoms with Crippen molar-refractivity contribution in [3.63, 3.8) is 0 Å². The fraction of sp³-hybridized carbons (Fsp3) is 0.933. The van der Waals surface area contributed by atoms with E-state index in [4.69, 9.17) is 4.74 Å². The number of amides is 1. The van der Waals surface area contributed by atoms with Crippen molar-refractivity contribution >= 4 is 5.91 Å². The van der Waals surface area contributed by atoms with Crippen molar-refractivity contribution in [2.45, 2.75) is 32.2 Å². The van der Waals surface area contributed by atoms with Gasteiger partial charge in [-0.25, -0.2) is 0 Å². The number of hydrogen-bond acceptors (Lipinski definition) is 4. The van der Waals surface area contributed by atoms with E-state index in [9.17, 15) is 4.79 Å². The van der Waals surface area contributed by atoms with Gasteiger partial charge < -0.3 is 15.0 Å². The van der Waals surface area contributed by atoms with Crippen LogP contribution in [-0.4, -0.2) is 74.2 Å². The van der Waals surface area contributed by atoms with Crippen LogP contribution < -0.4 is 5.32 Å². The molecule has 0 aromatic rings. The van der Waals surface area contributed by atoms with Crippen molar-refractivity contribution in [3.8, 4) is 0 Å². The summed E-state index contributed by atoms with van der Waals surface area (Å²) in [4.78, 5) is 17.0. The maximum absolute atomic E-state index is 12.8. The maximum Gasteiger partial charge on any atom is 0.242 e. The van der Waals surface area contributed by atoms with E-state index in [2.05, 4.69) is 24.1 Å². The topological polar surface area (TPSA) is 44.8 Å². The number of carbonyl (C=O) groups excluding carboxylic acids is 1. The number of nitrogens with zero attached hydrogens (tertiary/aromatic N) is 2. The molecule has 2 saturated heterocycles. The highest BCUT2D eigenvalue weighted by atomic mass is 16.5. The minimum atomic E-state index is -0.410. The first-order chi connectivity index (χ1) is 9.51. The minimum Gasteiger partial charge on any atom is -0.381 e. The molecule has 2 rings (SSSR count). The zero-order valence-electron chi connectivity index (χ0n) is 13.2. The van der Waals surface area contributed by atoms with Crippen molar-refractivity contribution in [2.75, 3.05) is 53.0 Å². The molecule has 0 aliphatic carbocycles. The number of rotatable bonds is 4. The predicted molar refractivity (Wildman–Crippen MR) is 79.7 cm³/mol. The van der Waals surface area contributed by atoms with E-state index in [1.165, 1.54) is 6.42 Å². The Morgan fingerprint density at radius 2 is 2.10 bits per heavy atom. The molecule has 1 unspecified atom stereocenters. The Morgan fingerprint density at radius 3 is 2.70 bits per heavy atom. The van der Waals surface area contributed by atoms with E-state index in [0.717, 1.165) is 52.4 Å². The van der Waals surface area contributed by atoms with E-state index in [-0.39, 0.29) is 5.91 Å². The third kappa shape index (κ3) is 3.71. The normalized spacial score (nSPS) is 25.4. The lowest BCUT2D eigenvalue weighted by molar-refractivity contribution is -0.143. The van der Waals surface area contributed by atoms with Crippen molar-refractivity contribution in [1.29, 1.82) is 0 Å². The zero-order chi connectivity index (χ0) is 14.6. The molecule has 1 N–H and O–H groups in total. The summed E-state index contributed by atoms with van der Waals surface area (Å²) in [5, 5.41) is 3.34. The summed E-state index contributed by atoms with van der Waals surface area (Å²) < 4.78 is 5.51. The Kier molecular flexibility index (Phi) is 5.41. The van der Waals surface area contributed by atoms with Gasteiger partial charge in [0, 0.05) is 46.4 Å². The molecule has 2 aliphatic heterocycles. The highest BCUT2D eigenvalue weighted by Gasteiger charge is 2.37. The van der Waals surface area contributed by atoms with Crippen molar-refractivity contribution in [1.82, 2.24) is 15.1 Å². The number of piperazine rings is 1. The second kappa shape index (κ2) is 6.87. The zero-order valence-corrected chi connectivity index (χ0v) is 13.2.